The number of hydrazine groups is 2. The maximum Gasteiger partial charge on any atom is 0.305 e. The lowest BCUT2D eigenvalue weighted by Crippen LogP contribution is -2.51. The normalized spacial score (nSPS) is 12.1. The molecule has 6 heterocycles. The number of carboxylic acid groups (broad SMARTS) is 1. The molecule has 604 valence electrons. The summed E-state index contributed by atoms with van der Waals surface area (Å²) < 4.78 is 33.2. The van der Waals surface area contributed by atoms with Crippen LogP contribution < -0.4 is 43.4 Å². The van der Waals surface area contributed by atoms with Gasteiger partial charge in [-0.3, -0.25) is 54.6 Å². The molecule has 0 unspecified atom stereocenters. The molecule has 0 radical (unpaired) electrons. The van der Waals surface area contributed by atoms with Crippen LogP contribution in [-0.4, -0.2) is 147 Å². The lowest BCUT2D eigenvalue weighted by Gasteiger charge is -2.37. The number of amides is 7. The van der Waals surface area contributed by atoms with Crippen LogP contribution in [0.3, 0.4) is 0 Å². The van der Waals surface area contributed by atoms with Gasteiger partial charge in [0.2, 0.25) is 11.8 Å². The van der Waals surface area contributed by atoms with Crippen LogP contribution in [0.2, 0.25) is 36.3 Å². The standard InChI is InChI=1S/C22H32N4O5Si.C22H30N4O3SSi.C16H16N4O3S.C13H14N4O3.C4H8O2/c1-15(31-32(5,6)22(2,3)4)20(28)25-24-19(27)12-13-23-21(29)17-14-18(30-26-17)16-10-8-7-9-11-16;1-15(29-31(5,6)22(2,3)4)21-25-24-19(30-21)12-13-23-20(27)17-14-18(28-26-17)16-10-8-7-9-11-16;1-10(21)16-19-18-14(24-16)7-8-17-15(22)12-9-13(23-20-12)11-5-3-2-4-6-11;14-16-12(18)6-7-15-13(19)10-8-11(20-17-10)9-4-2-1-3-5-9;1-3(2)4(5)6/h7-11,14-15H,12-13H2,1-6H3,(H,23,29)(H,24,27)(H,25,28);7-11,14-15H,12-13H2,1-6H3,(H,23,27);2-6,9-10,21H,7-8H2,1H3,(H,17,22);1-5,8H,6-7,14H2,(H,15,19)(H,16,18);3H,1-2H3,(H,5,6)/t2*15-;10-;;/m100../s1. The zero-order chi connectivity index (χ0) is 83.1. The van der Waals surface area contributed by atoms with Gasteiger partial charge in [0, 0.05) is 98.4 Å². The predicted molar refractivity (Wildman–Crippen MR) is 430 cm³/mol. The van der Waals surface area contributed by atoms with Crippen molar-refractivity contribution in [1.82, 2.24) is 78.6 Å². The number of rotatable bonds is 28. The number of benzene rings is 4. The summed E-state index contributed by atoms with van der Waals surface area (Å²) >= 11 is 2.86. The summed E-state index contributed by atoms with van der Waals surface area (Å²) in [6, 6.07) is 44.0. The van der Waals surface area contributed by atoms with Crippen molar-refractivity contribution in [3.8, 4) is 45.3 Å². The largest absolute Gasteiger partial charge is 0.481 e. The minimum atomic E-state index is -2.11. The molecule has 10 rings (SSSR count). The van der Waals surface area contributed by atoms with Gasteiger partial charge >= 0.3 is 5.97 Å². The van der Waals surface area contributed by atoms with E-state index < -0.39 is 58.4 Å². The van der Waals surface area contributed by atoms with Gasteiger partial charge in [0.1, 0.15) is 32.2 Å². The van der Waals surface area contributed by atoms with Crippen molar-refractivity contribution in [3.05, 3.63) is 188 Å². The number of aliphatic hydroxyl groups is 1. The SMILES string of the molecule is CC(C)C(=O)O.C[C@@H](O[Si](C)(C)C(C)(C)C)C(=O)NNC(=O)CCNC(=O)c1cc(-c2ccccc2)on1.C[C@H](O)c1nnc(CCNC(=O)c2cc(-c3ccccc3)on2)s1.C[C@H](O[Si](C)(C)C(C)(C)C)c1nnc(CCNC(=O)c2cc(-c3ccccc3)on2)s1.NNC(=O)CCNC(=O)c1cc(-c2ccccc2)on1. The molecule has 10 aromatic rings. The Morgan fingerprint density at radius 3 is 1.08 bits per heavy atom. The van der Waals surface area contributed by atoms with Crippen molar-refractivity contribution in [2.75, 3.05) is 26.2 Å². The number of carbonyl (C=O) groups excluding carboxylic acids is 7. The Morgan fingerprint density at radius 1 is 0.460 bits per heavy atom. The topological polar surface area (TPSA) is 461 Å². The van der Waals surface area contributed by atoms with E-state index in [1.54, 1.807) is 45.9 Å². The molecule has 11 N–H and O–H groups in total. The van der Waals surface area contributed by atoms with Gasteiger partial charge in [-0.25, -0.2) is 5.84 Å². The van der Waals surface area contributed by atoms with Crippen LogP contribution in [0.4, 0.5) is 0 Å². The van der Waals surface area contributed by atoms with Crippen LogP contribution in [0, 0.1) is 5.92 Å². The highest BCUT2D eigenvalue weighted by molar-refractivity contribution is 7.11. The Morgan fingerprint density at radius 2 is 0.770 bits per heavy atom. The predicted octanol–water partition coefficient (Wildman–Crippen LogP) is 11.7. The molecular weight excluding hydrogens is 1530 g/mol. The molecule has 7 amide bonds. The van der Waals surface area contributed by atoms with E-state index in [4.69, 9.17) is 37.9 Å². The molecule has 0 saturated heterocycles. The Labute approximate surface area is 665 Å². The van der Waals surface area contributed by atoms with Gasteiger partial charge in [-0.05, 0) is 57.0 Å². The molecule has 3 atom stereocenters. The molecule has 113 heavy (non-hydrogen) atoms. The first-order valence-corrected chi connectivity index (χ1v) is 43.6. The number of hydrogen-bond donors (Lipinski definition) is 10. The van der Waals surface area contributed by atoms with E-state index in [0.29, 0.717) is 54.0 Å². The summed E-state index contributed by atoms with van der Waals surface area (Å²) in [7, 11) is -3.98. The Hall–Kier alpha value is -11.1. The fraction of sp³-hybridized carbons (Fsp3) is 0.377. The lowest BCUT2D eigenvalue weighted by atomic mass is 10.1. The zero-order valence-corrected chi connectivity index (χ0v) is 69.5. The number of carboxylic acids is 1. The minimum absolute atomic E-state index is 0.0209. The van der Waals surface area contributed by atoms with E-state index in [0.717, 1.165) is 37.3 Å². The highest BCUT2D eigenvalue weighted by Crippen LogP contribution is 2.40. The van der Waals surface area contributed by atoms with Crippen molar-refractivity contribution in [2.45, 2.75) is 156 Å². The van der Waals surface area contributed by atoms with Crippen molar-refractivity contribution >= 4 is 86.6 Å². The summed E-state index contributed by atoms with van der Waals surface area (Å²) in [4.78, 5) is 93.2. The van der Waals surface area contributed by atoms with Gasteiger partial charge in [0.25, 0.3) is 29.5 Å². The van der Waals surface area contributed by atoms with Crippen molar-refractivity contribution in [2.24, 2.45) is 11.8 Å². The smallest absolute Gasteiger partial charge is 0.305 e. The number of nitrogens with one attached hydrogen (secondary N) is 7. The molecular formula is C77H100N16O16S2Si2. The Balaban J connectivity index is 0.000000232. The fourth-order valence-corrected chi connectivity index (χ4v) is 13.1. The molecule has 0 bridgehead atoms. The number of carbonyl (C=O) groups is 8. The molecule has 4 aromatic carbocycles. The number of nitrogens with zero attached hydrogens (tertiary/aromatic N) is 8. The quantitative estimate of drug-likeness (QED) is 0.00942. The third kappa shape index (κ3) is 29.8. The maximum absolute atomic E-state index is 12.4. The van der Waals surface area contributed by atoms with Gasteiger partial charge in [0.15, 0.2) is 62.5 Å². The highest BCUT2D eigenvalue weighted by atomic mass is 32.1. The van der Waals surface area contributed by atoms with Crippen LogP contribution in [0.15, 0.2) is 164 Å². The average molecular weight is 1630 g/mol. The van der Waals surface area contributed by atoms with Gasteiger partial charge < -0.3 is 58.4 Å². The molecule has 0 saturated carbocycles. The summed E-state index contributed by atoms with van der Waals surface area (Å²) in [5.41, 5.74) is 10.8. The zero-order valence-electron chi connectivity index (χ0n) is 65.9. The van der Waals surface area contributed by atoms with Crippen LogP contribution in [0.25, 0.3) is 45.3 Å². The minimum Gasteiger partial charge on any atom is -0.481 e. The molecule has 0 aliphatic carbocycles. The van der Waals surface area contributed by atoms with Crippen LogP contribution in [0.1, 0.15) is 163 Å². The molecule has 36 heteroatoms. The van der Waals surface area contributed by atoms with Crippen molar-refractivity contribution in [1.29, 1.82) is 0 Å². The number of aliphatic hydroxyl groups excluding tert-OH is 1. The molecule has 0 aliphatic heterocycles. The van der Waals surface area contributed by atoms with E-state index in [9.17, 15) is 43.5 Å². The molecule has 6 aromatic heterocycles. The third-order valence-electron chi connectivity index (χ3n) is 17.3. The first kappa shape index (κ1) is 90.8. The summed E-state index contributed by atoms with van der Waals surface area (Å²) in [6.07, 6.45) is -0.190. The second-order valence-electron chi connectivity index (χ2n) is 28.7. The second-order valence-corrected chi connectivity index (χ2v) is 40.4. The summed E-state index contributed by atoms with van der Waals surface area (Å²) in [5, 5.41) is 62.9. The third-order valence-corrected chi connectivity index (χ3v) is 28.7. The van der Waals surface area contributed by atoms with E-state index in [1.807, 2.05) is 134 Å². The Kier molecular flexibility index (Phi) is 35.0. The summed E-state index contributed by atoms with van der Waals surface area (Å²) in [6.45, 7) is 31.2. The highest BCUT2D eigenvalue weighted by Gasteiger charge is 2.41. The van der Waals surface area contributed by atoms with Crippen molar-refractivity contribution in [3.63, 3.8) is 0 Å². The molecule has 0 aliphatic rings. The molecule has 0 fully saturated rings. The Bertz CT molecular complexity index is 4650. The lowest BCUT2D eigenvalue weighted by molar-refractivity contribution is -0.140. The van der Waals surface area contributed by atoms with E-state index >= 15 is 0 Å². The van der Waals surface area contributed by atoms with Gasteiger partial charge in [0.05, 0.1) is 12.0 Å². The molecule has 0 spiro atoms. The first-order valence-electron chi connectivity index (χ1n) is 36.2. The monoisotopic (exact) mass is 1620 g/mol. The van der Waals surface area contributed by atoms with Gasteiger partial charge in [-0.1, -0.05) is 220 Å². The summed E-state index contributed by atoms with van der Waals surface area (Å²) in [5.74, 6) is 3.40. The number of hydrogen-bond acceptors (Lipinski definition) is 26. The van der Waals surface area contributed by atoms with Gasteiger partial charge in [-0.15, -0.1) is 20.4 Å². The van der Waals surface area contributed by atoms with E-state index in [1.165, 1.54) is 28.7 Å². The average Bonchev–Trinajstić information content (AvgIpc) is 1.19. The van der Waals surface area contributed by atoms with E-state index in [2.05, 4.69) is 141 Å². The number of nitrogens with two attached hydrogens (primary N) is 1. The van der Waals surface area contributed by atoms with Crippen LogP contribution in [-0.2, 0) is 40.9 Å². The van der Waals surface area contributed by atoms with Crippen molar-refractivity contribution < 1.29 is 75.5 Å². The van der Waals surface area contributed by atoms with E-state index in [-0.39, 0.29) is 88.5 Å². The first-order chi connectivity index (χ1) is 53.4. The van der Waals surface area contributed by atoms with Crippen LogP contribution >= 0.6 is 22.7 Å². The fourth-order valence-electron chi connectivity index (χ4n) is 8.77. The molecule has 32 nitrogen and oxygen atoms in total. The number of aromatic nitrogens is 8. The van der Waals surface area contributed by atoms with Crippen LogP contribution in [0.5, 0.6) is 0 Å². The second kappa shape index (κ2) is 43.6. The van der Waals surface area contributed by atoms with Gasteiger partial charge in [-0.2, -0.15) is 0 Å². The maximum atomic E-state index is 12.4. The number of aliphatic carboxylic acids is 1.